The van der Waals surface area contributed by atoms with Crippen molar-refractivity contribution in [3.05, 3.63) is 83.0 Å². The maximum Gasteiger partial charge on any atom is 0.338 e. The van der Waals surface area contributed by atoms with Crippen molar-refractivity contribution in [1.82, 2.24) is 4.57 Å². The molecular formula is C29H28BrN3O6S. The number of esters is 1. The van der Waals surface area contributed by atoms with Gasteiger partial charge in [-0.25, -0.2) is 9.79 Å². The first-order valence-electron chi connectivity index (χ1n) is 12.5. The Labute approximate surface area is 243 Å². The van der Waals surface area contributed by atoms with E-state index in [0.717, 1.165) is 0 Å². The number of nitrogens with zero attached hydrogens (tertiary/aromatic N) is 3. The summed E-state index contributed by atoms with van der Waals surface area (Å²) in [5.41, 5.74) is 1.74. The zero-order chi connectivity index (χ0) is 29.0. The third-order valence-corrected chi connectivity index (χ3v) is 7.62. The Bertz CT molecular complexity index is 1700. The number of thiazole rings is 1. The third-order valence-electron chi connectivity index (χ3n) is 5.96. The van der Waals surface area contributed by atoms with Gasteiger partial charge in [0.1, 0.15) is 17.9 Å². The van der Waals surface area contributed by atoms with Gasteiger partial charge in [-0.15, -0.1) is 0 Å². The number of halogens is 1. The number of fused-ring (bicyclic) bond motifs is 1. The van der Waals surface area contributed by atoms with E-state index in [1.807, 2.05) is 44.2 Å². The molecular weight excluding hydrogens is 598 g/mol. The quantitative estimate of drug-likeness (QED) is 0.327. The van der Waals surface area contributed by atoms with Gasteiger partial charge in [-0.05, 0) is 57.5 Å². The van der Waals surface area contributed by atoms with Crippen molar-refractivity contribution < 1.29 is 23.7 Å². The number of methoxy groups -OCH3 is 1. The molecule has 2 aromatic carbocycles. The number of nitriles is 1. The Kier molecular flexibility index (Phi) is 9.12. The second kappa shape index (κ2) is 12.5. The molecule has 1 aromatic heterocycles. The monoisotopic (exact) mass is 625 g/mol. The molecule has 0 amide bonds. The zero-order valence-corrected chi connectivity index (χ0v) is 25.1. The summed E-state index contributed by atoms with van der Waals surface area (Å²) in [6.07, 6.45) is 1.60. The van der Waals surface area contributed by atoms with Crippen LogP contribution in [-0.4, -0.2) is 37.0 Å². The summed E-state index contributed by atoms with van der Waals surface area (Å²) in [6.45, 7) is 7.35. The van der Waals surface area contributed by atoms with Gasteiger partial charge in [0.15, 0.2) is 22.9 Å². The molecule has 0 saturated heterocycles. The minimum absolute atomic E-state index is 0.124. The second-order valence-corrected chi connectivity index (χ2v) is 10.8. The number of benzene rings is 2. The molecule has 1 aliphatic heterocycles. The highest BCUT2D eigenvalue weighted by Gasteiger charge is 2.35. The molecule has 0 fully saturated rings. The number of ether oxygens (including phenoxy) is 4. The molecule has 2 heterocycles. The predicted molar refractivity (Wildman–Crippen MR) is 154 cm³/mol. The average Bonchev–Trinajstić information content (AvgIpc) is 3.22. The molecule has 0 bridgehead atoms. The van der Waals surface area contributed by atoms with Crippen LogP contribution in [-0.2, 0) is 9.53 Å². The van der Waals surface area contributed by atoms with E-state index in [4.69, 9.17) is 24.2 Å². The van der Waals surface area contributed by atoms with Crippen molar-refractivity contribution in [3.63, 3.8) is 0 Å². The highest BCUT2D eigenvalue weighted by atomic mass is 79.9. The van der Waals surface area contributed by atoms with Crippen LogP contribution in [0.4, 0.5) is 0 Å². The Morgan fingerprint density at radius 3 is 2.67 bits per heavy atom. The third kappa shape index (κ3) is 5.83. The van der Waals surface area contributed by atoms with Gasteiger partial charge in [0.05, 0.1) is 35.6 Å². The van der Waals surface area contributed by atoms with Gasteiger partial charge in [0.25, 0.3) is 5.56 Å². The number of carbonyl (C=O) groups excluding carboxylic acids is 1. The van der Waals surface area contributed by atoms with Crippen LogP contribution < -0.4 is 29.1 Å². The van der Waals surface area contributed by atoms with Crippen molar-refractivity contribution >= 4 is 39.3 Å². The van der Waals surface area contributed by atoms with Crippen molar-refractivity contribution in [2.75, 3.05) is 20.3 Å². The van der Waals surface area contributed by atoms with E-state index in [2.05, 4.69) is 20.9 Å². The maximum absolute atomic E-state index is 14.0. The predicted octanol–water partition coefficient (Wildman–Crippen LogP) is 4.26. The lowest BCUT2D eigenvalue weighted by Crippen LogP contribution is -2.40. The van der Waals surface area contributed by atoms with E-state index < -0.39 is 12.0 Å². The summed E-state index contributed by atoms with van der Waals surface area (Å²) in [5.74, 6) is 0.832. The molecule has 0 aliphatic carbocycles. The lowest BCUT2D eigenvalue weighted by atomic mass is 9.95. The van der Waals surface area contributed by atoms with Crippen LogP contribution in [0.1, 0.15) is 44.9 Å². The first-order chi connectivity index (χ1) is 19.2. The molecule has 0 spiro atoms. The van der Waals surface area contributed by atoms with Gasteiger partial charge in [-0.1, -0.05) is 45.5 Å². The number of carbonyl (C=O) groups is 1. The Balaban J connectivity index is 1.95. The molecule has 0 saturated carbocycles. The molecule has 208 valence electrons. The first-order valence-corrected chi connectivity index (χ1v) is 14.1. The lowest BCUT2D eigenvalue weighted by molar-refractivity contribution is -0.139. The van der Waals surface area contributed by atoms with Gasteiger partial charge in [0.2, 0.25) is 0 Å². The van der Waals surface area contributed by atoms with Crippen LogP contribution in [0.3, 0.4) is 0 Å². The molecule has 3 aromatic rings. The fraction of sp³-hybridized carbons (Fsp3) is 0.310. The Morgan fingerprint density at radius 2 is 2.00 bits per heavy atom. The molecule has 9 nitrogen and oxygen atoms in total. The minimum Gasteiger partial charge on any atom is -0.493 e. The maximum atomic E-state index is 14.0. The molecule has 0 unspecified atom stereocenters. The van der Waals surface area contributed by atoms with E-state index in [1.165, 1.54) is 23.0 Å². The first kappa shape index (κ1) is 29.1. The molecule has 11 heteroatoms. The van der Waals surface area contributed by atoms with Gasteiger partial charge in [-0.3, -0.25) is 9.36 Å². The summed E-state index contributed by atoms with van der Waals surface area (Å²) in [4.78, 5) is 32.3. The normalized spacial score (nSPS) is 14.8. The van der Waals surface area contributed by atoms with Crippen LogP contribution >= 0.6 is 27.3 Å². The van der Waals surface area contributed by atoms with E-state index in [0.29, 0.717) is 47.9 Å². The molecule has 1 atom stereocenters. The van der Waals surface area contributed by atoms with Gasteiger partial charge in [0, 0.05) is 10.0 Å². The van der Waals surface area contributed by atoms with Crippen LogP contribution in [0.15, 0.2) is 61.9 Å². The fourth-order valence-corrected chi connectivity index (χ4v) is 5.81. The van der Waals surface area contributed by atoms with Gasteiger partial charge in [-0.2, -0.15) is 5.26 Å². The second-order valence-electron chi connectivity index (χ2n) is 8.98. The van der Waals surface area contributed by atoms with Crippen molar-refractivity contribution in [1.29, 1.82) is 5.26 Å². The number of rotatable bonds is 9. The summed E-state index contributed by atoms with van der Waals surface area (Å²) in [5, 5.41) is 8.87. The Hall–Kier alpha value is -3.88. The topological polar surface area (TPSA) is 112 Å². The SMILES string of the molecule is CCOC(=O)C1=C(C)N=c2s/c(=C/c3cc(OC)c(OCC#N)cc3Br)c(=O)n2[C@@H]1c1ccccc1OC(C)C. The van der Waals surface area contributed by atoms with E-state index in [-0.39, 0.29) is 30.5 Å². The van der Waals surface area contributed by atoms with Gasteiger partial charge < -0.3 is 18.9 Å². The summed E-state index contributed by atoms with van der Waals surface area (Å²) in [6, 6.07) is 11.9. The van der Waals surface area contributed by atoms with Crippen molar-refractivity contribution in [2.24, 2.45) is 4.99 Å². The highest BCUT2D eigenvalue weighted by Crippen LogP contribution is 2.37. The smallest absolute Gasteiger partial charge is 0.338 e. The summed E-state index contributed by atoms with van der Waals surface area (Å²) >= 11 is 4.74. The summed E-state index contributed by atoms with van der Waals surface area (Å²) in [7, 11) is 1.50. The molecule has 4 rings (SSSR count). The minimum atomic E-state index is -0.799. The van der Waals surface area contributed by atoms with Crippen molar-refractivity contribution in [2.45, 2.75) is 39.8 Å². The molecule has 0 N–H and O–H groups in total. The van der Waals surface area contributed by atoms with Crippen LogP contribution in [0.2, 0.25) is 0 Å². The van der Waals surface area contributed by atoms with Crippen molar-refractivity contribution in [3.8, 4) is 23.3 Å². The van der Waals surface area contributed by atoms with E-state index >= 15 is 0 Å². The highest BCUT2D eigenvalue weighted by molar-refractivity contribution is 9.10. The van der Waals surface area contributed by atoms with Crippen LogP contribution in [0, 0.1) is 11.3 Å². The van der Waals surface area contributed by atoms with Gasteiger partial charge >= 0.3 is 5.97 Å². The lowest BCUT2D eigenvalue weighted by Gasteiger charge is -2.26. The Morgan fingerprint density at radius 1 is 1.25 bits per heavy atom. The standard InChI is InChI=1S/C29H28BrN3O6S/c1-6-37-28(35)25-17(4)32-29-33(26(25)19-9-7-8-10-21(19)39-16(2)3)27(34)24(40-29)14-18-13-22(36-5)23(15-20(18)30)38-12-11-31/h7-10,13-16,26H,6,12H2,1-5H3/b24-14+/t26-/m1/s1. The number of allylic oxidation sites excluding steroid dienone is 1. The van der Waals surface area contributed by atoms with E-state index in [9.17, 15) is 9.59 Å². The summed E-state index contributed by atoms with van der Waals surface area (Å²) < 4.78 is 24.9. The molecule has 40 heavy (non-hydrogen) atoms. The van der Waals surface area contributed by atoms with Crippen LogP contribution in [0.5, 0.6) is 17.2 Å². The van der Waals surface area contributed by atoms with E-state index in [1.54, 1.807) is 32.1 Å². The largest absolute Gasteiger partial charge is 0.493 e. The average molecular weight is 627 g/mol. The number of para-hydroxylation sites is 1. The molecule has 1 aliphatic rings. The fourth-order valence-electron chi connectivity index (χ4n) is 4.34. The number of aromatic nitrogens is 1. The number of hydrogen-bond donors (Lipinski definition) is 0. The zero-order valence-electron chi connectivity index (χ0n) is 22.7. The number of hydrogen-bond acceptors (Lipinski definition) is 9. The molecule has 0 radical (unpaired) electrons. The van der Waals surface area contributed by atoms with Crippen LogP contribution in [0.25, 0.3) is 6.08 Å².